The van der Waals surface area contributed by atoms with Gasteiger partial charge in [0.2, 0.25) is 0 Å². The molecule has 1 saturated heterocycles. The number of carbonyl (C=O) groups is 2. The number of amides is 2. The van der Waals surface area contributed by atoms with Gasteiger partial charge in [0, 0.05) is 19.0 Å². The number of esters is 1. The fourth-order valence-electron chi connectivity index (χ4n) is 3.50. The molecule has 7 heteroatoms. The molecule has 3 aromatic rings. The summed E-state index contributed by atoms with van der Waals surface area (Å²) in [6, 6.07) is 14.8. The van der Waals surface area contributed by atoms with E-state index in [1.165, 1.54) is 11.8 Å². The Morgan fingerprint density at radius 3 is 2.79 bits per heavy atom. The van der Waals surface area contributed by atoms with Crippen molar-refractivity contribution in [2.24, 2.45) is 0 Å². The van der Waals surface area contributed by atoms with E-state index in [2.05, 4.69) is 11.4 Å². The number of piperidine rings is 1. The van der Waals surface area contributed by atoms with E-state index >= 15 is 0 Å². The van der Waals surface area contributed by atoms with Gasteiger partial charge in [-0.2, -0.15) is 0 Å². The number of fused-ring (bicyclic) bond motifs is 1. The third kappa shape index (κ3) is 3.71. The molecule has 1 aliphatic heterocycles. The normalized spacial score (nSPS) is 16.8. The second kappa shape index (κ2) is 7.98. The highest BCUT2D eigenvalue weighted by Crippen LogP contribution is 2.33. The van der Waals surface area contributed by atoms with Gasteiger partial charge in [-0.15, -0.1) is 11.3 Å². The van der Waals surface area contributed by atoms with Gasteiger partial charge in [0.05, 0.1) is 33.6 Å². The minimum Gasteiger partial charge on any atom is -0.465 e. The summed E-state index contributed by atoms with van der Waals surface area (Å²) >= 11 is 1.70. The van der Waals surface area contributed by atoms with E-state index in [-0.39, 0.29) is 11.9 Å². The van der Waals surface area contributed by atoms with Crippen LogP contribution in [0.25, 0.3) is 10.2 Å². The van der Waals surface area contributed by atoms with Crippen molar-refractivity contribution in [2.75, 3.05) is 25.5 Å². The highest BCUT2D eigenvalue weighted by atomic mass is 32.1. The van der Waals surface area contributed by atoms with Crippen molar-refractivity contribution in [1.82, 2.24) is 9.88 Å². The highest BCUT2D eigenvalue weighted by molar-refractivity contribution is 7.18. The molecular formula is C21H21N3O3S. The second-order valence-corrected chi connectivity index (χ2v) is 7.83. The molecule has 1 atom stereocenters. The Morgan fingerprint density at radius 1 is 1.18 bits per heavy atom. The molecule has 2 aromatic carbocycles. The number of para-hydroxylation sites is 2. The number of aromatic nitrogens is 1. The number of benzene rings is 2. The third-order valence-electron chi connectivity index (χ3n) is 4.94. The smallest absolute Gasteiger partial charge is 0.339 e. The molecule has 0 saturated carbocycles. The molecule has 28 heavy (non-hydrogen) atoms. The molecular weight excluding hydrogens is 374 g/mol. The van der Waals surface area contributed by atoms with Crippen molar-refractivity contribution in [3.8, 4) is 0 Å². The largest absolute Gasteiger partial charge is 0.465 e. The number of ether oxygens (including phenoxy) is 1. The van der Waals surface area contributed by atoms with Crippen molar-refractivity contribution >= 4 is 39.2 Å². The molecule has 1 fully saturated rings. The monoisotopic (exact) mass is 395 g/mol. The summed E-state index contributed by atoms with van der Waals surface area (Å²) in [5.41, 5.74) is 1.82. The van der Waals surface area contributed by atoms with Crippen molar-refractivity contribution in [3.63, 3.8) is 0 Å². The minimum atomic E-state index is -0.470. The van der Waals surface area contributed by atoms with Crippen LogP contribution < -0.4 is 5.32 Å². The van der Waals surface area contributed by atoms with Gasteiger partial charge in [-0.05, 0) is 37.1 Å². The summed E-state index contributed by atoms with van der Waals surface area (Å²) in [4.78, 5) is 31.3. The lowest BCUT2D eigenvalue weighted by molar-refractivity contribution is 0.0602. The van der Waals surface area contributed by atoms with Gasteiger partial charge in [-0.1, -0.05) is 24.3 Å². The molecule has 1 aliphatic rings. The Bertz CT molecular complexity index is 984. The van der Waals surface area contributed by atoms with E-state index < -0.39 is 5.97 Å². The average Bonchev–Trinajstić information content (AvgIpc) is 3.18. The number of nitrogens with zero attached hydrogens (tertiary/aromatic N) is 2. The third-order valence-corrected chi connectivity index (χ3v) is 6.14. The molecule has 2 amide bonds. The van der Waals surface area contributed by atoms with Crippen LogP contribution in [0.4, 0.5) is 10.5 Å². The summed E-state index contributed by atoms with van der Waals surface area (Å²) in [7, 11) is 1.33. The van der Waals surface area contributed by atoms with Crippen LogP contribution in [-0.4, -0.2) is 42.1 Å². The van der Waals surface area contributed by atoms with Crippen LogP contribution in [0.5, 0.6) is 0 Å². The maximum atomic E-state index is 12.8. The Labute approximate surface area is 167 Å². The van der Waals surface area contributed by atoms with Crippen LogP contribution in [0.3, 0.4) is 0 Å². The van der Waals surface area contributed by atoms with Crippen LogP contribution in [0.1, 0.15) is 34.1 Å². The van der Waals surface area contributed by atoms with Gasteiger partial charge in [-0.3, -0.25) is 0 Å². The Balaban J connectivity index is 1.49. The number of likely N-dealkylation sites (tertiary alicyclic amines) is 1. The molecule has 0 aliphatic carbocycles. The summed E-state index contributed by atoms with van der Waals surface area (Å²) in [5.74, 6) is -0.241. The number of methoxy groups -OCH3 is 1. The number of urea groups is 1. The SMILES string of the molecule is COC(=O)c1ccccc1NC(=O)N1CCC[C@@H](c2nc3ccccc3s2)C1. The Hall–Kier alpha value is -2.93. The van der Waals surface area contributed by atoms with Gasteiger partial charge in [0.15, 0.2) is 0 Å². The van der Waals surface area contributed by atoms with Crippen LogP contribution in [-0.2, 0) is 4.74 Å². The zero-order valence-corrected chi connectivity index (χ0v) is 16.4. The molecule has 2 heterocycles. The second-order valence-electron chi connectivity index (χ2n) is 6.77. The molecule has 1 N–H and O–H groups in total. The number of carbonyl (C=O) groups excluding carboxylic acids is 2. The van der Waals surface area contributed by atoms with Gasteiger partial charge in [0.1, 0.15) is 0 Å². The van der Waals surface area contributed by atoms with Crippen LogP contribution in [0, 0.1) is 0 Å². The van der Waals surface area contributed by atoms with E-state index in [9.17, 15) is 9.59 Å². The summed E-state index contributed by atoms with van der Waals surface area (Å²) < 4.78 is 5.97. The quantitative estimate of drug-likeness (QED) is 0.663. The predicted molar refractivity (Wildman–Crippen MR) is 110 cm³/mol. The van der Waals surface area contributed by atoms with E-state index in [4.69, 9.17) is 9.72 Å². The molecule has 0 bridgehead atoms. The maximum Gasteiger partial charge on any atom is 0.339 e. The number of rotatable bonds is 3. The standard InChI is InChI=1S/C21H21N3O3S/c1-27-20(25)15-8-2-3-9-16(15)23-21(26)24-12-6-7-14(13-24)19-22-17-10-4-5-11-18(17)28-19/h2-5,8-11,14H,6-7,12-13H2,1H3,(H,23,26)/t14-/m1/s1. The number of nitrogens with one attached hydrogen (secondary N) is 1. The molecule has 0 unspecified atom stereocenters. The van der Waals surface area contributed by atoms with Gasteiger partial charge >= 0.3 is 12.0 Å². The fourth-order valence-corrected chi connectivity index (χ4v) is 4.60. The van der Waals surface area contributed by atoms with Crippen molar-refractivity contribution < 1.29 is 14.3 Å². The Kier molecular flexibility index (Phi) is 5.25. The highest BCUT2D eigenvalue weighted by Gasteiger charge is 2.27. The topological polar surface area (TPSA) is 71.5 Å². The first-order chi connectivity index (χ1) is 13.7. The van der Waals surface area contributed by atoms with E-state index in [1.54, 1.807) is 40.5 Å². The fraction of sp³-hybridized carbons (Fsp3) is 0.286. The van der Waals surface area contributed by atoms with Gasteiger partial charge < -0.3 is 15.0 Å². The zero-order valence-electron chi connectivity index (χ0n) is 15.6. The lowest BCUT2D eigenvalue weighted by atomic mass is 9.99. The molecule has 4 rings (SSSR count). The van der Waals surface area contributed by atoms with Crippen LogP contribution >= 0.6 is 11.3 Å². The number of hydrogen-bond donors (Lipinski definition) is 1. The molecule has 1 aromatic heterocycles. The summed E-state index contributed by atoms with van der Waals surface area (Å²) in [6.07, 6.45) is 1.94. The first-order valence-corrected chi connectivity index (χ1v) is 10.1. The number of hydrogen-bond acceptors (Lipinski definition) is 5. The maximum absolute atomic E-state index is 12.8. The van der Waals surface area contributed by atoms with E-state index in [0.717, 1.165) is 23.4 Å². The molecule has 6 nitrogen and oxygen atoms in total. The van der Waals surface area contributed by atoms with Gasteiger partial charge in [-0.25, -0.2) is 14.6 Å². The molecule has 144 valence electrons. The van der Waals surface area contributed by atoms with Crippen LogP contribution in [0.2, 0.25) is 0 Å². The lowest BCUT2D eigenvalue weighted by Crippen LogP contribution is -2.41. The van der Waals surface area contributed by atoms with Crippen LogP contribution in [0.15, 0.2) is 48.5 Å². The minimum absolute atomic E-state index is 0.206. The first-order valence-electron chi connectivity index (χ1n) is 9.24. The van der Waals surface area contributed by atoms with E-state index in [0.29, 0.717) is 24.3 Å². The first kappa shape index (κ1) is 18.4. The summed E-state index contributed by atoms with van der Waals surface area (Å²) in [5, 5.41) is 3.94. The van der Waals surface area contributed by atoms with Crippen molar-refractivity contribution in [2.45, 2.75) is 18.8 Å². The lowest BCUT2D eigenvalue weighted by Gasteiger charge is -2.32. The van der Waals surface area contributed by atoms with E-state index in [1.807, 2.05) is 18.2 Å². The summed E-state index contributed by atoms with van der Waals surface area (Å²) in [6.45, 7) is 1.31. The number of anilines is 1. The zero-order chi connectivity index (χ0) is 19.5. The van der Waals surface area contributed by atoms with Crippen molar-refractivity contribution in [1.29, 1.82) is 0 Å². The van der Waals surface area contributed by atoms with Crippen molar-refractivity contribution in [3.05, 3.63) is 59.1 Å². The average molecular weight is 395 g/mol. The number of thiazole rings is 1. The predicted octanol–water partition coefficient (Wildman–Crippen LogP) is 4.49. The Morgan fingerprint density at radius 2 is 1.96 bits per heavy atom. The molecule has 0 spiro atoms. The van der Waals surface area contributed by atoms with Gasteiger partial charge in [0.25, 0.3) is 0 Å². The molecule has 0 radical (unpaired) electrons.